The van der Waals surface area contributed by atoms with Crippen molar-refractivity contribution in [3.05, 3.63) is 41.1 Å². The zero-order valence-electron chi connectivity index (χ0n) is 11.1. The van der Waals surface area contributed by atoms with Gasteiger partial charge in [0.2, 0.25) is 0 Å². The Morgan fingerprint density at radius 2 is 2.25 bits per heavy atom. The molecule has 0 radical (unpaired) electrons. The zero-order valence-corrected chi connectivity index (χ0v) is 11.9. The fourth-order valence-corrected chi connectivity index (χ4v) is 1.70. The molecule has 1 amide bonds. The van der Waals surface area contributed by atoms with E-state index in [4.69, 9.17) is 22.0 Å². The van der Waals surface area contributed by atoms with E-state index in [0.717, 1.165) is 0 Å². The predicted molar refractivity (Wildman–Crippen MR) is 78.1 cm³/mol. The molecule has 2 N–H and O–H groups in total. The first kappa shape index (κ1) is 16.0. The molecule has 0 heterocycles. The van der Waals surface area contributed by atoms with Crippen LogP contribution < -0.4 is 5.32 Å². The second kappa shape index (κ2) is 8.20. The van der Waals surface area contributed by atoms with Gasteiger partial charge in [0.1, 0.15) is 11.6 Å². The second-order valence-electron chi connectivity index (χ2n) is 3.94. The highest BCUT2D eigenvalue weighted by atomic mass is 35.5. The molecule has 0 atom stereocenters. The molecule has 106 valence electrons. The number of hydrogen-bond acceptors (Lipinski definition) is 4. The smallest absolute Gasteiger partial charge is 0.267 e. The average Bonchev–Trinajstić information content (AvgIpc) is 2.45. The van der Waals surface area contributed by atoms with E-state index in [9.17, 15) is 4.79 Å². The lowest BCUT2D eigenvalue weighted by atomic mass is 10.2. The van der Waals surface area contributed by atoms with E-state index in [1.165, 1.54) is 6.20 Å². The summed E-state index contributed by atoms with van der Waals surface area (Å²) in [5, 5.41) is 20.9. The maximum Gasteiger partial charge on any atom is 0.267 e. The molecule has 0 saturated carbocycles. The number of carbonyl (C=O) groups excluding carboxylic acids is 1. The topological polar surface area (TPSA) is 76.4 Å². The van der Waals surface area contributed by atoms with E-state index in [-0.39, 0.29) is 12.2 Å². The van der Waals surface area contributed by atoms with Crippen molar-refractivity contribution in [2.24, 2.45) is 0 Å². The van der Waals surface area contributed by atoms with Crippen molar-refractivity contribution < 1.29 is 9.90 Å². The van der Waals surface area contributed by atoms with Gasteiger partial charge in [0.05, 0.1) is 17.3 Å². The molecule has 0 aromatic heterocycles. The highest BCUT2D eigenvalue weighted by Gasteiger charge is 2.12. The molecular weight excluding hydrogens is 278 g/mol. The molecule has 0 fully saturated rings. The standard InChI is InChI=1S/C14H16ClN3O2/c1-2-18(7-8-19)10-11(9-16)14(20)17-13-6-4-3-5-12(13)15/h3-6,10,19H,2,7-8H2,1H3,(H,17,20)/b11-10-. The van der Waals surface area contributed by atoms with Gasteiger partial charge >= 0.3 is 0 Å². The summed E-state index contributed by atoms with van der Waals surface area (Å²) in [7, 11) is 0. The number of anilines is 1. The first-order valence-corrected chi connectivity index (χ1v) is 6.52. The molecule has 0 aliphatic rings. The summed E-state index contributed by atoms with van der Waals surface area (Å²) in [6.07, 6.45) is 1.43. The van der Waals surface area contributed by atoms with Crippen LogP contribution in [-0.2, 0) is 4.79 Å². The number of benzene rings is 1. The number of aliphatic hydroxyl groups is 1. The number of amides is 1. The van der Waals surface area contributed by atoms with Crippen LogP contribution in [0.5, 0.6) is 0 Å². The van der Waals surface area contributed by atoms with Crippen molar-refractivity contribution in [2.45, 2.75) is 6.92 Å². The summed E-state index contributed by atoms with van der Waals surface area (Å²) >= 11 is 5.94. The minimum Gasteiger partial charge on any atom is -0.395 e. The number of likely N-dealkylation sites (N-methyl/N-ethyl adjacent to an activating group) is 1. The summed E-state index contributed by atoms with van der Waals surface area (Å²) in [5.41, 5.74) is 0.408. The minimum absolute atomic E-state index is 0.0415. The molecule has 0 aliphatic carbocycles. The Labute approximate surface area is 123 Å². The zero-order chi connectivity index (χ0) is 15.0. The van der Waals surface area contributed by atoms with Crippen LogP contribution in [0.2, 0.25) is 5.02 Å². The summed E-state index contributed by atoms with van der Waals surface area (Å²) in [5.74, 6) is -0.531. The Balaban J connectivity index is 2.85. The normalized spacial score (nSPS) is 10.8. The van der Waals surface area contributed by atoms with Gasteiger partial charge in [0.25, 0.3) is 5.91 Å². The predicted octanol–water partition coefficient (Wildman–Crippen LogP) is 2.00. The van der Waals surface area contributed by atoms with Crippen LogP contribution >= 0.6 is 11.6 Å². The van der Waals surface area contributed by atoms with Crippen LogP contribution in [0, 0.1) is 11.3 Å². The van der Waals surface area contributed by atoms with Gasteiger partial charge in [-0.05, 0) is 19.1 Å². The average molecular weight is 294 g/mol. The quantitative estimate of drug-likeness (QED) is 0.621. The molecule has 0 bridgehead atoms. The SMILES string of the molecule is CCN(/C=C(/C#N)C(=O)Nc1ccccc1Cl)CCO. The highest BCUT2D eigenvalue weighted by molar-refractivity contribution is 6.33. The molecule has 6 heteroatoms. The Bertz CT molecular complexity index is 537. The van der Waals surface area contributed by atoms with Crippen LogP contribution in [0.15, 0.2) is 36.0 Å². The van der Waals surface area contributed by atoms with Crippen LogP contribution in [0.3, 0.4) is 0 Å². The molecule has 0 unspecified atom stereocenters. The number of halogens is 1. The Kier molecular flexibility index (Phi) is 6.57. The van der Waals surface area contributed by atoms with E-state index in [1.807, 2.05) is 13.0 Å². The Morgan fingerprint density at radius 1 is 1.55 bits per heavy atom. The van der Waals surface area contributed by atoms with Gasteiger partial charge in [-0.3, -0.25) is 4.79 Å². The number of nitriles is 1. The van der Waals surface area contributed by atoms with Crippen LogP contribution in [0.25, 0.3) is 0 Å². The first-order chi connectivity index (χ1) is 9.62. The maximum absolute atomic E-state index is 12.0. The maximum atomic E-state index is 12.0. The fourth-order valence-electron chi connectivity index (χ4n) is 1.52. The lowest BCUT2D eigenvalue weighted by Crippen LogP contribution is -2.23. The Hall–Kier alpha value is -2.03. The molecule has 1 aromatic rings. The number of para-hydroxylation sites is 1. The summed E-state index contributed by atoms with van der Waals surface area (Å²) in [6, 6.07) is 8.64. The van der Waals surface area contributed by atoms with Gasteiger partial charge < -0.3 is 15.3 Å². The molecular formula is C14H16ClN3O2. The largest absolute Gasteiger partial charge is 0.395 e. The number of nitrogens with one attached hydrogen (secondary N) is 1. The van der Waals surface area contributed by atoms with Crippen molar-refractivity contribution in [3.8, 4) is 6.07 Å². The Morgan fingerprint density at radius 3 is 2.80 bits per heavy atom. The molecule has 5 nitrogen and oxygen atoms in total. The van der Waals surface area contributed by atoms with Gasteiger partial charge in [-0.1, -0.05) is 23.7 Å². The van der Waals surface area contributed by atoms with Crippen LogP contribution in [-0.4, -0.2) is 35.6 Å². The summed E-state index contributed by atoms with van der Waals surface area (Å²) in [4.78, 5) is 13.7. The summed E-state index contributed by atoms with van der Waals surface area (Å²) < 4.78 is 0. The van der Waals surface area contributed by atoms with E-state index in [0.29, 0.717) is 23.8 Å². The van der Waals surface area contributed by atoms with Gasteiger partial charge in [-0.15, -0.1) is 0 Å². The first-order valence-electron chi connectivity index (χ1n) is 6.15. The third kappa shape index (κ3) is 4.57. The highest BCUT2D eigenvalue weighted by Crippen LogP contribution is 2.20. The van der Waals surface area contributed by atoms with E-state index >= 15 is 0 Å². The summed E-state index contributed by atoms with van der Waals surface area (Å²) in [6.45, 7) is 2.77. The molecule has 20 heavy (non-hydrogen) atoms. The van der Waals surface area contributed by atoms with E-state index < -0.39 is 5.91 Å². The van der Waals surface area contributed by atoms with Gasteiger partial charge in [0, 0.05) is 19.3 Å². The number of hydrogen-bond donors (Lipinski definition) is 2. The van der Waals surface area contributed by atoms with Gasteiger partial charge in [0.15, 0.2) is 0 Å². The number of aliphatic hydroxyl groups excluding tert-OH is 1. The number of rotatable bonds is 6. The monoisotopic (exact) mass is 293 g/mol. The number of nitrogens with zero attached hydrogens (tertiary/aromatic N) is 2. The third-order valence-corrected chi connectivity index (χ3v) is 2.92. The lowest BCUT2D eigenvalue weighted by Gasteiger charge is -2.17. The fraction of sp³-hybridized carbons (Fsp3) is 0.286. The van der Waals surface area contributed by atoms with Gasteiger partial charge in [-0.2, -0.15) is 5.26 Å². The van der Waals surface area contributed by atoms with Crippen molar-refractivity contribution in [1.82, 2.24) is 4.90 Å². The molecule has 0 saturated heterocycles. The molecule has 0 aliphatic heterocycles. The second-order valence-corrected chi connectivity index (χ2v) is 4.35. The van der Waals surface area contributed by atoms with Crippen molar-refractivity contribution in [1.29, 1.82) is 5.26 Å². The van der Waals surface area contributed by atoms with Crippen molar-refractivity contribution in [2.75, 3.05) is 25.0 Å². The number of carbonyl (C=O) groups is 1. The van der Waals surface area contributed by atoms with Crippen molar-refractivity contribution in [3.63, 3.8) is 0 Å². The van der Waals surface area contributed by atoms with Gasteiger partial charge in [-0.25, -0.2) is 0 Å². The van der Waals surface area contributed by atoms with E-state index in [1.54, 1.807) is 29.2 Å². The molecule has 1 rings (SSSR count). The third-order valence-electron chi connectivity index (χ3n) is 2.59. The van der Waals surface area contributed by atoms with E-state index in [2.05, 4.69) is 5.32 Å². The van der Waals surface area contributed by atoms with Crippen molar-refractivity contribution >= 4 is 23.2 Å². The minimum atomic E-state index is -0.531. The van der Waals surface area contributed by atoms with Crippen LogP contribution in [0.1, 0.15) is 6.92 Å². The lowest BCUT2D eigenvalue weighted by molar-refractivity contribution is -0.112. The molecule has 1 aromatic carbocycles. The van der Waals surface area contributed by atoms with Crippen LogP contribution in [0.4, 0.5) is 5.69 Å². The molecule has 0 spiro atoms.